The molecule has 17 heteroatoms. The summed E-state index contributed by atoms with van der Waals surface area (Å²) in [5, 5.41) is 16.6. The van der Waals surface area contributed by atoms with Gasteiger partial charge in [-0.25, -0.2) is 9.82 Å². The molecule has 3 aliphatic heterocycles. The maximum Gasteiger partial charge on any atom is 0.324 e. The first kappa shape index (κ1) is 49.3. The fourth-order valence-electron chi connectivity index (χ4n) is 9.97. The van der Waals surface area contributed by atoms with E-state index < -0.39 is 70.6 Å². The Labute approximate surface area is 396 Å². The number of aromatic hydroxyl groups is 1. The van der Waals surface area contributed by atoms with E-state index in [1.165, 1.54) is 21.9 Å². The Hall–Kier alpha value is -5.58. The zero-order valence-electron chi connectivity index (χ0n) is 39.6. The lowest BCUT2D eigenvalue weighted by Crippen LogP contribution is -2.62. The summed E-state index contributed by atoms with van der Waals surface area (Å²) in [6, 6.07) is 12.2. The number of halogens is 2. The van der Waals surface area contributed by atoms with E-state index in [1.54, 1.807) is 39.3 Å². The number of amides is 4. The van der Waals surface area contributed by atoms with Gasteiger partial charge >= 0.3 is 5.97 Å². The molecule has 6 atom stereocenters. The molecule has 2 fully saturated rings. The quantitative estimate of drug-likeness (QED) is 0.121. The summed E-state index contributed by atoms with van der Waals surface area (Å²) in [6.07, 6.45) is 3.10. The van der Waals surface area contributed by atoms with Crippen LogP contribution in [0.5, 0.6) is 5.75 Å². The molecule has 2 saturated heterocycles. The van der Waals surface area contributed by atoms with Crippen molar-refractivity contribution in [2.75, 3.05) is 40.4 Å². The van der Waals surface area contributed by atoms with Gasteiger partial charge in [0.15, 0.2) is 0 Å². The van der Waals surface area contributed by atoms with Gasteiger partial charge in [0, 0.05) is 74.8 Å². The third-order valence-corrected chi connectivity index (χ3v) is 13.6. The van der Waals surface area contributed by atoms with Gasteiger partial charge in [0.1, 0.15) is 23.9 Å². The number of nitrogens with zero attached hydrogens (tertiary/aromatic N) is 5. The number of alkyl halides is 2. The Kier molecular flexibility index (Phi) is 15.0. The van der Waals surface area contributed by atoms with Crippen molar-refractivity contribution in [2.24, 2.45) is 17.3 Å². The molecule has 0 radical (unpaired) electrons. The molecule has 0 saturated carbocycles. The van der Waals surface area contributed by atoms with E-state index in [1.807, 2.05) is 25.1 Å². The molecule has 5 heterocycles. The molecule has 7 rings (SSSR count). The zero-order valence-corrected chi connectivity index (χ0v) is 40.4. The van der Waals surface area contributed by atoms with Crippen LogP contribution >= 0.6 is 11.6 Å². The van der Waals surface area contributed by atoms with Crippen LogP contribution in [0.3, 0.4) is 0 Å². The number of esters is 1. The molecule has 360 valence electrons. The van der Waals surface area contributed by atoms with Crippen molar-refractivity contribution >= 4 is 52.1 Å². The van der Waals surface area contributed by atoms with Crippen LogP contribution in [0, 0.1) is 17.3 Å². The second-order valence-corrected chi connectivity index (χ2v) is 19.6. The number of aromatic nitrogens is 2. The highest BCUT2D eigenvalue weighted by atomic mass is 35.5. The summed E-state index contributed by atoms with van der Waals surface area (Å²) in [5.41, 5.74) is 7.10. The number of phenols is 1. The number of aryl methyl sites for hydroxylation is 1. The van der Waals surface area contributed by atoms with Crippen LogP contribution in [-0.4, -0.2) is 123 Å². The number of rotatable bonds is 10. The number of hydrazine groups is 1. The van der Waals surface area contributed by atoms with Crippen molar-refractivity contribution in [2.45, 2.75) is 110 Å². The number of hydrogen-bond acceptors (Lipinski definition) is 10. The smallest absolute Gasteiger partial charge is 0.324 e. The van der Waals surface area contributed by atoms with Crippen molar-refractivity contribution in [3.63, 3.8) is 0 Å². The molecule has 2 aromatic carbocycles. The third-order valence-electron chi connectivity index (χ3n) is 13.4. The number of hydrogen-bond donors (Lipinski definition) is 3. The minimum absolute atomic E-state index is 0.0385. The van der Waals surface area contributed by atoms with Crippen LogP contribution in [0.1, 0.15) is 83.7 Å². The standard InChI is InChI=1S/C50H63ClFN7O8/c1-9-58-40-15-14-31-24-36(40)37(43(58)35-12-10-17-53-41(35)29(4)66-8)25-50(5,6)27-67-49(65)38-13-11-18-59(55-38)47(63)39(22-30-20-33(31)23-34(60)21-30)54-45(61)42(28(2)3)56(7)46(62)32-16-19-57(26-32)48(64)44(51)52/h10,12,14-15,17,20-21,23-24,28-29,32,38-39,42,44,55,60H,9,11,13,16,18-19,22,25-27H2,1-8H3,(H,54,61)/t29-,32-,38-,39-,42-,44+/m0/s1. The monoisotopic (exact) mass is 943 g/mol. The molecule has 67 heavy (non-hydrogen) atoms. The molecule has 3 N–H and O–H groups in total. The van der Waals surface area contributed by atoms with Crippen LogP contribution in [0.2, 0.25) is 0 Å². The van der Waals surface area contributed by atoms with Crippen molar-refractivity contribution in [1.82, 2.24) is 35.1 Å². The molecule has 0 aliphatic carbocycles. The maximum atomic E-state index is 14.7. The van der Waals surface area contributed by atoms with E-state index in [0.717, 1.165) is 39.0 Å². The Morgan fingerprint density at radius 1 is 1.09 bits per heavy atom. The number of nitrogens with one attached hydrogen (secondary N) is 2. The van der Waals surface area contributed by atoms with Crippen LogP contribution in [0.15, 0.2) is 54.7 Å². The molecular formula is C50H63ClFN7O8. The fraction of sp³-hybridized carbons (Fsp3) is 0.520. The lowest BCUT2D eigenvalue weighted by molar-refractivity contribution is -0.155. The molecule has 0 unspecified atom stereocenters. The lowest BCUT2D eigenvalue weighted by Gasteiger charge is -2.37. The summed E-state index contributed by atoms with van der Waals surface area (Å²) < 4.78 is 27.8. The summed E-state index contributed by atoms with van der Waals surface area (Å²) in [5.74, 6) is -4.07. The van der Waals surface area contributed by atoms with E-state index in [-0.39, 0.29) is 50.9 Å². The first-order valence-electron chi connectivity index (χ1n) is 23.2. The number of likely N-dealkylation sites (tertiary alicyclic amines) is 1. The normalized spacial score (nSPS) is 21.4. The van der Waals surface area contributed by atoms with Gasteiger partial charge in [0.05, 0.1) is 30.0 Å². The van der Waals surface area contributed by atoms with Gasteiger partial charge in [-0.1, -0.05) is 51.4 Å². The Balaban J connectivity index is 1.30. The van der Waals surface area contributed by atoms with Gasteiger partial charge in [-0.05, 0) is 104 Å². The summed E-state index contributed by atoms with van der Waals surface area (Å²) in [6.45, 7) is 12.8. The average Bonchev–Trinajstić information content (AvgIpc) is 3.91. The van der Waals surface area contributed by atoms with Crippen LogP contribution in [0.4, 0.5) is 4.39 Å². The average molecular weight is 945 g/mol. The number of fused-ring (bicyclic) bond motifs is 6. The summed E-state index contributed by atoms with van der Waals surface area (Å²) >= 11 is 5.41. The Morgan fingerprint density at radius 3 is 2.55 bits per heavy atom. The molecule has 2 aromatic heterocycles. The predicted molar refractivity (Wildman–Crippen MR) is 252 cm³/mol. The summed E-state index contributed by atoms with van der Waals surface area (Å²) in [4.78, 5) is 76.6. The minimum atomic E-state index is -2.22. The van der Waals surface area contributed by atoms with E-state index in [2.05, 4.69) is 54.3 Å². The number of carbonyl (C=O) groups excluding carboxylic acids is 5. The largest absolute Gasteiger partial charge is 0.508 e. The van der Waals surface area contributed by atoms with E-state index in [9.17, 15) is 33.5 Å². The van der Waals surface area contributed by atoms with Gasteiger partial charge in [0.25, 0.3) is 17.4 Å². The van der Waals surface area contributed by atoms with E-state index in [4.69, 9.17) is 26.1 Å². The number of carbonyl (C=O) groups is 5. The number of methoxy groups -OCH3 is 1. The Morgan fingerprint density at radius 2 is 1.85 bits per heavy atom. The zero-order chi connectivity index (χ0) is 48.5. The highest BCUT2D eigenvalue weighted by Crippen LogP contribution is 2.42. The van der Waals surface area contributed by atoms with Crippen molar-refractivity contribution in [3.8, 4) is 28.1 Å². The molecule has 3 aliphatic rings. The number of likely N-dealkylation sites (N-methyl/N-ethyl adjacent to an activating group) is 1. The van der Waals surface area contributed by atoms with E-state index in [0.29, 0.717) is 36.9 Å². The molecular weight excluding hydrogens is 881 g/mol. The molecule has 4 amide bonds. The van der Waals surface area contributed by atoms with E-state index >= 15 is 0 Å². The topological polar surface area (TPSA) is 176 Å². The first-order chi connectivity index (χ1) is 31.8. The molecule has 4 aromatic rings. The number of pyridine rings is 1. The number of benzene rings is 2. The van der Waals surface area contributed by atoms with Crippen molar-refractivity contribution < 1.29 is 42.9 Å². The summed E-state index contributed by atoms with van der Waals surface area (Å²) in [7, 11) is 3.16. The second kappa shape index (κ2) is 20.3. The highest BCUT2D eigenvalue weighted by Gasteiger charge is 2.41. The van der Waals surface area contributed by atoms with Gasteiger partial charge in [-0.15, -0.1) is 0 Å². The third kappa shape index (κ3) is 10.5. The van der Waals surface area contributed by atoms with Gasteiger partial charge < -0.3 is 34.3 Å². The second-order valence-electron chi connectivity index (χ2n) is 19.2. The predicted octanol–water partition coefficient (Wildman–Crippen LogP) is 6.32. The van der Waals surface area contributed by atoms with Crippen molar-refractivity contribution in [1.29, 1.82) is 0 Å². The van der Waals surface area contributed by atoms with Gasteiger partial charge in [-0.2, -0.15) is 0 Å². The molecule has 15 nitrogen and oxygen atoms in total. The van der Waals surface area contributed by atoms with Crippen LogP contribution < -0.4 is 10.7 Å². The van der Waals surface area contributed by atoms with Crippen LogP contribution in [-0.2, 0) is 52.8 Å². The minimum Gasteiger partial charge on any atom is -0.508 e. The van der Waals surface area contributed by atoms with Gasteiger partial charge in [-0.3, -0.25) is 34.0 Å². The number of phenolic OH excluding ortho intramolecular Hbond substituents is 1. The first-order valence-corrected chi connectivity index (χ1v) is 23.6. The molecule has 6 bridgehead atoms. The fourth-order valence-corrected chi connectivity index (χ4v) is 10.1. The SMILES string of the molecule is CCn1c(-c2cccnc2[C@H](C)OC)c2c3cc(ccc31)-c1cc(O)cc(c1)C[C@H](NC(=O)[C@H](C(C)C)N(C)C(=O)[C@H]1CCN(C(=O)[C@@H](F)Cl)C1)C(=O)N1CCC[C@H](N1)C(=O)OCC(C)(C)C2. The van der Waals surface area contributed by atoms with Crippen molar-refractivity contribution in [3.05, 3.63) is 71.5 Å². The maximum absolute atomic E-state index is 14.7. The number of cyclic esters (lactones) is 1. The Bertz CT molecular complexity index is 2530. The molecule has 0 spiro atoms. The highest BCUT2D eigenvalue weighted by molar-refractivity contribution is 6.29. The van der Waals surface area contributed by atoms with Gasteiger partial charge in [0.2, 0.25) is 11.8 Å². The number of ether oxygens (including phenoxy) is 2. The lowest BCUT2D eigenvalue weighted by atomic mass is 9.84. The van der Waals surface area contributed by atoms with Crippen LogP contribution in [0.25, 0.3) is 33.3 Å².